The van der Waals surface area contributed by atoms with E-state index in [2.05, 4.69) is 10.3 Å². The number of halogens is 3. The van der Waals surface area contributed by atoms with Gasteiger partial charge in [0.05, 0.1) is 5.51 Å². The molecule has 38 heavy (non-hydrogen) atoms. The highest BCUT2D eigenvalue weighted by atomic mass is 32.1. The van der Waals surface area contributed by atoms with Crippen molar-refractivity contribution < 1.29 is 27.6 Å². The summed E-state index contributed by atoms with van der Waals surface area (Å²) in [6.07, 6.45) is -0.717. The van der Waals surface area contributed by atoms with Gasteiger partial charge in [0, 0.05) is 36.4 Å². The van der Waals surface area contributed by atoms with Crippen LogP contribution < -0.4 is 15.1 Å². The predicted octanol–water partition coefficient (Wildman–Crippen LogP) is 4.77. The second-order valence-corrected chi connectivity index (χ2v) is 10.3. The minimum absolute atomic E-state index is 0.101. The van der Waals surface area contributed by atoms with E-state index in [1.165, 1.54) is 39.3 Å². The number of anilines is 2. The number of carbonyl (C=O) groups is 3. The van der Waals surface area contributed by atoms with Gasteiger partial charge in [0.25, 0.3) is 11.8 Å². The molecule has 3 aromatic rings. The van der Waals surface area contributed by atoms with Crippen molar-refractivity contribution in [2.24, 2.45) is 0 Å². The normalized spacial score (nSPS) is 19.6. The fourth-order valence-electron chi connectivity index (χ4n) is 5.05. The van der Waals surface area contributed by atoms with Crippen LogP contribution in [0.5, 0.6) is 0 Å². The summed E-state index contributed by atoms with van der Waals surface area (Å²) < 4.78 is 41.5. The summed E-state index contributed by atoms with van der Waals surface area (Å²) in [5.74, 6) is -4.71. The van der Waals surface area contributed by atoms with Crippen LogP contribution >= 0.6 is 11.3 Å². The monoisotopic (exact) mass is 542 g/mol. The van der Waals surface area contributed by atoms with E-state index in [1.807, 2.05) is 0 Å². The van der Waals surface area contributed by atoms with Crippen molar-refractivity contribution in [3.63, 3.8) is 0 Å². The Balaban J connectivity index is 1.59. The summed E-state index contributed by atoms with van der Waals surface area (Å²) in [5, 5.41) is 4.31. The van der Waals surface area contributed by atoms with E-state index in [4.69, 9.17) is 0 Å². The van der Waals surface area contributed by atoms with Crippen molar-refractivity contribution in [2.75, 3.05) is 9.80 Å². The number of nitrogens with one attached hydrogen (secondary N) is 1. The minimum atomic E-state index is -2.85. The fourth-order valence-corrected chi connectivity index (χ4v) is 5.58. The van der Waals surface area contributed by atoms with Crippen LogP contribution in [0.25, 0.3) is 0 Å². The molecule has 1 aliphatic carbocycles. The van der Waals surface area contributed by atoms with Crippen molar-refractivity contribution >= 4 is 40.6 Å². The zero-order valence-corrected chi connectivity index (χ0v) is 21.3. The Morgan fingerprint density at radius 2 is 1.95 bits per heavy atom. The number of aromatic nitrogens is 1. The molecule has 1 N–H and O–H groups in total. The number of amides is 3. The lowest BCUT2D eigenvalue weighted by Crippen LogP contribution is -2.56. The molecule has 0 radical (unpaired) electrons. The van der Waals surface area contributed by atoms with Gasteiger partial charge in [-0.3, -0.25) is 24.2 Å². The van der Waals surface area contributed by atoms with Crippen molar-refractivity contribution in [3.05, 3.63) is 76.4 Å². The Bertz CT molecular complexity index is 1360. The van der Waals surface area contributed by atoms with Crippen molar-refractivity contribution in [3.8, 4) is 0 Å². The number of rotatable bonds is 7. The lowest BCUT2D eigenvalue weighted by Gasteiger charge is -2.39. The van der Waals surface area contributed by atoms with Crippen LogP contribution in [0.4, 0.5) is 24.7 Å². The molecule has 2 heterocycles. The van der Waals surface area contributed by atoms with Gasteiger partial charge in [-0.25, -0.2) is 18.2 Å². The predicted molar refractivity (Wildman–Crippen MR) is 137 cm³/mol. The maximum Gasteiger partial charge on any atom is 0.252 e. The number of thiazole rings is 1. The Hall–Kier alpha value is -3.73. The SMILES string of the molecule is Cc1ccccc1C(C(=O)NC1CC(F)(F)C1)N(C(=O)C1CCC(=O)N1c1cscn1)c1cccc(F)c1. The summed E-state index contributed by atoms with van der Waals surface area (Å²) in [6.45, 7) is 1.77. The van der Waals surface area contributed by atoms with E-state index in [-0.39, 0.29) is 24.4 Å². The molecule has 2 fully saturated rings. The highest BCUT2D eigenvalue weighted by molar-refractivity contribution is 7.07. The first-order valence-electron chi connectivity index (χ1n) is 12.2. The van der Waals surface area contributed by atoms with Crippen molar-refractivity contribution in [1.29, 1.82) is 0 Å². The van der Waals surface area contributed by atoms with Gasteiger partial charge in [0.1, 0.15) is 23.7 Å². The van der Waals surface area contributed by atoms with E-state index >= 15 is 0 Å². The van der Waals surface area contributed by atoms with E-state index < -0.39 is 54.5 Å². The third kappa shape index (κ3) is 5.02. The molecular weight excluding hydrogens is 517 g/mol. The lowest BCUT2D eigenvalue weighted by molar-refractivity contribution is -0.133. The number of hydrogen-bond donors (Lipinski definition) is 1. The van der Waals surface area contributed by atoms with Crippen LogP contribution in [0.1, 0.15) is 42.9 Å². The van der Waals surface area contributed by atoms with Crippen LogP contribution in [-0.2, 0) is 14.4 Å². The molecule has 7 nitrogen and oxygen atoms in total. The molecule has 5 rings (SSSR count). The zero-order chi connectivity index (χ0) is 27.0. The molecule has 0 spiro atoms. The molecule has 1 saturated carbocycles. The quantitative estimate of drug-likeness (QED) is 0.466. The number of benzene rings is 2. The van der Waals surface area contributed by atoms with Gasteiger partial charge in [-0.05, 0) is 42.7 Å². The first-order chi connectivity index (χ1) is 18.1. The summed E-state index contributed by atoms with van der Waals surface area (Å²) in [6, 6.07) is 9.14. The zero-order valence-electron chi connectivity index (χ0n) is 20.4. The van der Waals surface area contributed by atoms with E-state index in [0.29, 0.717) is 16.9 Å². The Kier molecular flexibility index (Phi) is 6.95. The average Bonchev–Trinajstić information content (AvgIpc) is 3.51. The number of nitrogens with zero attached hydrogens (tertiary/aromatic N) is 3. The van der Waals surface area contributed by atoms with Crippen LogP contribution in [0.15, 0.2) is 59.4 Å². The molecule has 2 aromatic carbocycles. The highest BCUT2D eigenvalue weighted by Gasteiger charge is 2.48. The fraction of sp³-hybridized carbons (Fsp3) is 0.333. The van der Waals surface area contributed by atoms with Crippen LogP contribution in [0.2, 0.25) is 0 Å². The molecule has 2 aliphatic rings. The minimum Gasteiger partial charge on any atom is -0.351 e. The van der Waals surface area contributed by atoms with Crippen molar-refractivity contribution in [2.45, 2.75) is 56.7 Å². The number of alkyl halides is 2. The molecule has 1 aromatic heterocycles. The second kappa shape index (κ2) is 10.2. The summed E-state index contributed by atoms with van der Waals surface area (Å²) in [4.78, 5) is 47.5. The maximum absolute atomic E-state index is 14.4. The molecule has 11 heteroatoms. The molecule has 198 valence electrons. The van der Waals surface area contributed by atoms with Crippen LogP contribution in [-0.4, -0.2) is 40.7 Å². The van der Waals surface area contributed by atoms with E-state index in [0.717, 1.165) is 6.07 Å². The smallest absolute Gasteiger partial charge is 0.252 e. The van der Waals surface area contributed by atoms with Crippen LogP contribution in [0, 0.1) is 12.7 Å². The molecule has 2 atom stereocenters. The average molecular weight is 543 g/mol. The Morgan fingerprint density at radius 3 is 2.61 bits per heavy atom. The molecule has 1 aliphatic heterocycles. The molecule has 1 saturated heterocycles. The van der Waals surface area contributed by atoms with Gasteiger partial charge in [-0.2, -0.15) is 0 Å². The van der Waals surface area contributed by atoms with Gasteiger partial charge in [-0.1, -0.05) is 30.3 Å². The number of carbonyl (C=O) groups excluding carboxylic acids is 3. The molecule has 2 unspecified atom stereocenters. The van der Waals surface area contributed by atoms with Gasteiger partial charge in [0.15, 0.2) is 0 Å². The molecule has 3 amide bonds. The Labute approximate surface area is 221 Å². The van der Waals surface area contributed by atoms with Gasteiger partial charge in [0.2, 0.25) is 11.8 Å². The summed E-state index contributed by atoms with van der Waals surface area (Å²) >= 11 is 1.27. The first kappa shape index (κ1) is 25.9. The summed E-state index contributed by atoms with van der Waals surface area (Å²) in [7, 11) is 0. The van der Waals surface area contributed by atoms with E-state index in [1.54, 1.807) is 42.1 Å². The van der Waals surface area contributed by atoms with Gasteiger partial charge >= 0.3 is 0 Å². The molecular formula is C27H25F3N4O3S. The van der Waals surface area contributed by atoms with Gasteiger partial charge in [-0.15, -0.1) is 11.3 Å². The highest BCUT2D eigenvalue weighted by Crippen LogP contribution is 2.39. The third-order valence-corrected chi connectivity index (χ3v) is 7.49. The number of aryl methyl sites for hydroxylation is 1. The largest absolute Gasteiger partial charge is 0.351 e. The van der Waals surface area contributed by atoms with Crippen LogP contribution in [0.3, 0.4) is 0 Å². The summed E-state index contributed by atoms with van der Waals surface area (Å²) in [5.41, 5.74) is 2.79. The standard InChI is InChI=1S/C27H25F3N4O3S/c1-16-5-2-3-8-20(16)24(25(36)32-18-12-27(29,30)13-18)33(19-7-4-6-17(28)11-19)26(37)21-9-10-23(35)34(21)22-14-38-15-31-22/h2-8,11,14-15,18,21,24H,9-10,12-13H2,1H3,(H,32,36). The number of hydrogen-bond acceptors (Lipinski definition) is 5. The van der Waals surface area contributed by atoms with Gasteiger partial charge < -0.3 is 5.32 Å². The lowest BCUT2D eigenvalue weighted by atomic mass is 9.87. The Morgan fingerprint density at radius 1 is 1.18 bits per heavy atom. The second-order valence-electron chi connectivity index (χ2n) is 9.58. The molecule has 0 bridgehead atoms. The maximum atomic E-state index is 14.4. The first-order valence-corrected chi connectivity index (χ1v) is 13.1. The van der Waals surface area contributed by atoms with E-state index in [9.17, 15) is 27.6 Å². The third-order valence-electron chi connectivity index (χ3n) is 6.91. The topological polar surface area (TPSA) is 82.6 Å². The van der Waals surface area contributed by atoms with Crippen molar-refractivity contribution in [1.82, 2.24) is 10.3 Å².